The van der Waals surface area contributed by atoms with Crippen LogP contribution >= 0.6 is 0 Å². The Morgan fingerprint density at radius 3 is 2.46 bits per heavy atom. The highest BCUT2D eigenvalue weighted by atomic mass is 19.3. The third kappa shape index (κ3) is 6.28. The molecule has 1 aromatic heterocycles. The maximum absolute atomic E-state index is 15.7. The van der Waals surface area contributed by atoms with Gasteiger partial charge in [-0.15, -0.1) is 0 Å². The number of carbonyl (C=O) groups excluding carboxylic acids is 2. The number of benzene rings is 1. The zero-order valence-electron chi connectivity index (χ0n) is 23.6. The lowest BCUT2D eigenvalue weighted by Gasteiger charge is -2.44. The van der Waals surface area contributed by atoms with Crippen LogP contribution in [0.2, 0.25) is 0 Å². The van der Waals surface area contributed by atoms with E-state index in [1.54, 1.807) is 18.3 Å². The van der Waals surface area contributed by atoms with Crippen LogP contribution in [0, 0.1) is 17.7 Å². The molecule has 5 rings (SSSR count). The molecule has 2 aromatic rings. The minimum atomic E-state index is -2.82. The molecular weight excluding hydrogens is 537 g/mol. The molecule has 0 radical (unpaired) electrons. The number of pyridine rings is 1. The molecule has 0 bridgehead atoms. The summed E-state index contributed by atoms with van der Waals surface area (Å²) in [5, 5.41) is 5.36. The number of piperidine rings is 1. The zero-order chi connectivity index (χ0) is 29.3. The summed E-state index contributed by atoms with van der Waals surface area (Å²) >= 11 is 0. The highest BCUT2D eigenvalue weighted by Crippen LogP contribution is 2.37. The summed E-state index contributed by atoms with van der Waals surface area (Å²) in [4.78, 5) is 36.1. The van der Waals surface area contributed by atoms with Crippen LogP contribution in [0.25, 0.3) is 11.1 Å². The predicted molar refractivity (Wildman–Crippen MR) is 151 cm³/mol. The number of aromatic nitrogens is 1. The van der Waals surface area contributed by atoms with Crippen molar-refractivity contribution in [3.05, 3.63) is 36.3 Å². The number of nitrogens with zero attached hydrogens (tertiary/aromatic N) is 4. The molecule has 9 nitrogen and oxygen atoms in total. The van der Waals surface area contributed by atoms with Crippen LogP contribution in [0.5, 0.6) is 0 Å². The zero-order valence-corrected chi connectivity index (χ0v) is 23.6. The number of piperazine rings is 1. The minimum Gasteiger partial charge on any atom is -0.378 e. The maximum Gasteiger partial charge on any atom is 0.242 e. The number of likely N-dealkylation sites (N-methyl/N-ethyl adjacent to an activating group) is 1. The quantitative estimate of drug-likeness (QED) is 0.548. The second-order valence-electron chi connectivity index (χ2n) is 11.2. The molecule has 1 aromatic carbocycles. The normalized spacial score (nSPS) is 25.8. The van der Waals surface area contributed by atoms with Crippen molar-refractivity contribution in [2.75, 3.05) is 68.1 Å². The van der Waals surface area contributed by atoms with Gasteiger partial charge in [-0.1, -0.05) is 0 Å². The average molecular weight is 575 g/mol. The second-order valence-corrected chi connectivity index (χ2v) is 11.2. The number of carbonyl (C=O) groups is 2. The van der Waals surface area contributed by atoms with Crippen molar-refractivity contribution >= 4 is 29.0 Å². The number of anilines is 3. The van der Waals surface area contributed by atoms with Crippen molar-refractivity contribution in [2.24, 2.45) is 11.8 Å². The molecule has 12 heteroatoms. The molecule has 3 aliphatic heterocycles. The first-order valence-corrected chi connectivity index (χ1v) is 14.1. The second kappa shape index (κ2) is 12.2. The van der Waals surface area contributed by atoms with Gasteiger partial charge in [0.25, 0.3) is 0 Å². The van der Waals surface area contributed by atoms with E-state index in [0.29, 0.717) is 56.3 Å². The number of nitrogens with one attached hydrogen (secondary N) is 2. The summed E-state index contributed by atoms with van der Waals surface area (Å²) in [7, 11) is 2.04. The summed E-state index contributed by atoms with van der Waals surface area (Å²) < 4.78 is 48.8. The summed E-state index contributed by atoms with van der Waals surface area (Å²) in [6.07, 6.45) is -1.65. The monoisotopic (exact) mass is 574 g/mol. The highest BCUT2D eigenvalue weighted by Gasteiger charge is 2.40. The number of amides is 2. The Morgan fingerprint density at radius 1 is 1.12 bits per heavy atom. The van der Waals surface area contributed by atoms with Gasteiger partial charge in [0.1, 0.15) is 11.6 Å². The van der Waals surface area contributed by atoms with Gasteiger partial charge in [0.2, 0.25) is 18.2 Å². The number of hydrogen-bond donors (Lipinski definition) is 2. The van der Waals surface area contributed by atoms with E-state index in [4.69, 9.17) is 4.74 Å². The Bertz CT molecular complexity index is 1250. The third-order valence-corrected chi connectivity index (χ3v) is 8.56. The molecular formula is C29H37F3N6O3. The Hall–Kier alpha value is -3.38. The topological polar surface area (TPSA) is 90.0 Å². The lowest BCUT2D eigenvalue weighted by molar-refractivity contribution is -0.133. The number of alkyl halides is 2. The molecule has 2 unspecified atom stereocenters. The third-order valence-electron chi connectivity index (χ3n) is 8.56. The standard InChI is InChI=1S/C29H37F3N6O3/c1-17-15-38(16-18(2)36(17)3)25-12-23(30)20(19-4-5-26(33-13-19)37-6-8-41-9-7-37)10-24(25)35-29(40)22-14-34-27(39)11-21(22)28(31)32/h4-5,10,12-13,17-18,21-22,28H,6-9,11,14-16H2,1-3H3,(H,34,39)(H,35,40)/t17-,18+,21?,22?. The highest BCUT2D eigenvalue weighted by molar-refractivity contribution is 5.98. The fraction of sp³-hybridized carbons (Fsp3) is 0.552. The Balaban J connectivity index is 1.48. The van der Waals surface area contributed by atoms with Crippen LogP contribution in [-0.2, 0) is 14.3 Å². The smallest absolute Gasteiger partial charge is 0.242 e. The van der Waals surface area contributed by atoms with Crippen molar-refractivity contribution in [2.45, 2.75) is 38.8 Å². The Morgan fingerprint density at radius 2 is 1.83 bits per heavy atom. The summed E-state index contributed by atoms with van der Waals surface area (Å²) in [6.45, 7) is 7.82. The fourth-order valence-corrected chi connectivity index (χ4v) is 5.85. The summed E-state index contributed by atoms with van der Waals surface area (Å²) in [6, 6.07) is 6.90. The van der Waals surface area contributed by atoms with E-state index in [0.717, 1.165) is 5.82 Å². The van der Waals surface area contributed by atoms with Crippen LogP contribution in [0.1, 0.15) is 20.3 Å². The molecule has 3 aliphatic rings. The largest absolute Gasteiger partial charge is 0.378 e. The maximum atomic E-state index is 15.7. The van der Waals surface area contributed by atoms with Crippen molar-refractivity contribution in [1.82, 2.24) is 15.2 Å². The first-order chi connectivity index (χ1) is 19.6. The van der Waals surface area contributed by atoms with Crippen LogP contribution in [0.3, 0.4) is 0 Å². The average Bonchev–Trinajstić information content (AvgIpc) is 2.96. The first kappa shape index (κ1) is 29.1. The number of halogens is 3. The Kier molecular flexibility index (Phi) is 8.69. The van der Waals surface area contributed by atoms with E-state index in [9.17, 15) is 18.4 Å². The number of hydrogen-bond acceptors (Lipinski definition) is 7. The summed E-state index contributed by atoms with van der Waals surface area (Å²) in [5.74, 6) is -3.36. The Labute approximate surface area is 238 Å². The van der Waals surface area contributed by atoms with Gasteiger partial charge in [-0.2, -0.15) is 0 Å². The van der Waals surface area contributed by atoms with Crippen LogP contribution in [0.4, 0.5) is 30.4 Å². The van der Waals surface area contributed by atoms with Crippen molar-refractivity contribution < 1.29 is 27.5 Å². The molecule has 3 saturated heterocycles. The van der Waals surface area contributed by atoms with E-state index in [1.807, 2.05) is 18.0 Å². The van der Waals surface area contributed by atoms with E-state index in [-0.39, 0.29) is 24.2 Å². The van der Waals surface area contributed by atoms with Gasteiger partial charge in [-0.25, -0.2) is 18.2 Å². The van der Waals surface area contributed by atoms with Crippen molar-refractivity contribution in [1.29, 1.82) is 0 Å². The lowest BCUT2D eigenvalue weighted by atomic mass is 9.85. The number of rotatable bonds is 6. The van der Waals surface area contributed by atoms with E-state index in [1.165, 1.54) is 6.07 Å². The van der Waals surface area contributed by atoms with Gasteiger partial charge in [-0.3, -0.25) is 14.5 Å². The lowest BCUT2D eigenvalue weighted by Crippen LogP contribution is -2.55. The fourth-order valence-electron chi connectivity index (χ4n) is 5.85. The van der Waals surface area contributed by atoms with Crippen LogP contribution in [-0.4, -0.2) is 93.2 Å². The molecule has 4 atom stereocenters. The van der Waals surface area contributed by atoms with Gasteiger partial charge in [-0.05, 0) is 45.2 Å². The van der Waals surface area contributed by atoms with Gasteiger partial charge in [0.15, 0.2) is 0 Å². The van der Waals surface area contributed by atoms with Gasteiger partial charge in [0.05, 0.1) is 30.5 Å². The van der Waals surface area contributed by atoms with Gasteiger partial charge in [0, 0.05) is 74.5 Å². The molecule has 0 saturated carbocycles. The SMILES string of the molecule is C[C@@H]1CN(c2cc(F)c(-c3ccc(N4CCOCC4)nc3)cc2NC(=O)C2CNC(=O)CC2C(F)F)C[C@H](C)N1C. The van der Waals surface area contributed by atoms with Crippen molar-refractivity contribution in [3.63, 3.8) is 0 Å². The molecule has 222 valence electrons. The van der Waals surface area contributed by atoms with Crippen LogP contribution in [0.15, 0.2) is 30.5 Å². The van der Waals surface area contributed by atoms with Gasteiger partial charge >= 0.3 is 0 Å². The van der Waals surface area contributed by atoms with Crippen LogP contribution < -0.4 is 20.4 Å². The van der Waals surface area contributed by atoms with E-state index < -0.39 is 42.3 Å². The predicted octanol–water partition coefficient (Wildman–Crippen LogP) is 3.21. The molecule has 41 heavy (non-hydrogen) atoms. The molecule has 2 amide bonds. The molecule has 2 N–H and O–H groups in total. The summed E-state index contributed by atoms with van der Waals surface area (Å²) in [5.41, 5.74) is 1.58. The number of morpholine rings is 1. The van der Waals surface area contributed by atoms with E-state index >= 15 is 4.39 Å². The molecule has 0 spiro atoms. The number of ether oxygens (including phenoxy) is 1. The molecule has 4 heterocycles. The minimum absolute atomic E-state index is 0.166. The van der Waals surface area contributed by atoms with Crippen molar-refractivity contribution in [3.8, 4) is 11.1 Å². The van der Waals surface area contributed by atoms with Gasteiger partial charge < -0.3 is 25.2 Å². The molecule has 0 aliphatic carbocycles. The molecule has 3 fully saturated rings. The first-order valence-electron chi connectivity index (χ1n) is 14.1. The van der Waals surface area contributed by atoms with E-state index in [2.05, 4.69) is 39.3 Å².